The van der Waals surface area contributed by atoms with Gasteiger partial charge in [0.05, 0.1) is 24.5 Å². The van der Waals surface area contributed by atoms with E-state index >= 15 is 0 Å². The second-order valence-electron chi connectivity index (χ2n) is 8.52. The average molecular weight is 463 g/mol. The number of ether oxygens (including phenoxy) is 1. The maximum atomic E-state index is 13.9. The Balaban J connectivity index is 1.63. The fourth-order valence-electron chi connectivity index (χ4n) is 4.68. The third-order valence-corrected chi connectivity index (χ3v) is 6.94. The van der Waals surface area contributed by atoms with Crippen LogP contribution in [0, 0.1) is 12.3 Å². The number of amides is 2. The van der Waals surface area contributed by atoms with Gasteiger partial charge in [0.2, 0.25) is 5.91 Å². The summed E-state index contributed by atoms with van der Waals surface area (Å²) < 4.78 is 5.30. The van der Waals surface area contributed by atoms with E-state index in [4.69, 9.17) is 21.2 Å². The standard InChI is InChI=1S/C26H23ClN2O4/c1-16-9-12-19(15-21(16)27)28-24(30)23-26(2,25(28)31)22(17-10-13-20(32-3)14-11-17)29(33-23)18-7-5-4-6-8-18/h4-15,22-23H,1-3H3/t22-,23-,26+/m0/s1. The van der Waals surface area contributed by atoms with E-state index in [0.717, 1.165) is 16.8 Å². The van der Waals surface area contributed by atoms with Crippen molar-refractivity contribution in [2.75, 3.05) is 17.1 Å². The maximum absolute atomic E-state index is 13.9. The predicted molar refractivity (Wildman–Crippen MR) is 126 cm³/mol. The van der Waals surface area contributed by atoms with Crippen LogP contribution in [0.1, 0.15) is 24.1 Å². The summed E-state index contributed by atoms with van der Waals surface area (Å²) in [6.07, 6.45) is -0.975. The van der Waals surface area contributed by atoms with Gasteiger partial charge in [-0.2, -0.15) is 0 Å². The number of imide groups is 1. The van der Waals surface area contributed by atoms with Crippen LogP contribution in [0.5, 0.6) is 5.75 Å². The molecule has 168 valence electrons. The highest BCUT2D eigenvalue weighted by Gasteiger charge is 2.68. The van der Waals surface area contributed by atoms with Crippen molar-refractivity contribution >= 4 is 34.8 Å². The van der Waals surface area contributed by atoms with Crippen molar-refractivity contribution in [3.8, 4) is 5.75 Å². The molecule has 0 unspecified atom stereocenters. The second-order valence-corrected chi connectivity index (χ2v) is 8.92. The monoisotopic (exact) mass is 462 g/mol. The fraction of sp³-hybridized carbons (Fsp3) is 0.231. The number of anilines is 2. The summed E-state index contributed by atoms with van der Waals surface area (Å²) in [5.41, 5.74) is 1.76. The topological polar surface area (TPSA) is 59.1 Å². The number of carbonyl (C=O) groups is 2. The third-order valence-electron chi connectivity index (χ3n) is 6.53. The lowest BCUT2D eigenvalue weighted by Gasteiger charge is -2.32. The van der Waals surface area contributed by atoms with E-state index in [1.165, 1.54) is 4.90 Å². The molecule has 0 N–H and O–H groups in total. The van der Waals surface area contributed by atoms with Gasteiger partial charge in [-0.1, -0.05) is 48.0 Å². The van der Waals surface area contributed by atoms with Crippen LogP contribution in [0.2, 0.25) is 5.02 Å². The Morgan fingerprint density at radius 3 is 2.30 bits per heavy atom. The number of rotatable bonds is 4. The number of aryl methyl sites for hydroxylation is 1. The van der Waals surface area contributed by atoms with Gasteiger partial charge in [-0.05, 0) is 61.4 Å². The summed E-state index contributed by atoms with van der Waals surface area (Å²) in [6, 6.07) is 21.6. The summed E-state index contributed by atoms with van der Waals surface area (Å²) in [5, 5.41) is 2.18. The largest absolute Gasteiger partial charge is 0.497 e. The van der Waals surface area contributed by atoms with E-state index < -0.39 is 23.5 Å². The third kappa shape index (κ3) is 3.21. The summed E-state index contributed by atoms with van der Waals surface area (Å²) in [5.74, 6) is -0.0218. The molecular weight excluding hydrogens is 440 g/mol. The summed E-state index contributed by atoms with van der Waals surface area (Å²) in [4.78, 5) is 34.9. The number of methoxy groups -OCH3 is 1. The first-order chi connectivity index (χ1) is 15.9. The molecule has 3 aromatic rings. The minimum Gasteiger partial charge on any atom is -0.497 e. The highest BCUT2D eigenvalue weighted by molar-refractivity contribution is 6.32. The molecule has 33 heavy (non-hydrogen) atoms. The number of hydroxylamine groups is 1. The lowest BCUT2D eigenvalue weighted by atomic mass is 9.76. The Kier molecular flexibility index (Phi) is 5.15. The average Bonchev–Trinajstić information content (AvgIpc) is 3.24. The Morgan fingerprint density at radius 2 is 1.67 bits per heavy atom. The van der Waals surface area contributed by atoms with Gasteiger partial charge >= 0.3 is 0 Å². The molecule has 0 aromatic heterocycles. The van der Waals surface area contributed by atoms with Crippen LogP contribution in [-0.2, 0) is 14.4 Å². The Morgan fingerprint density at radius 1 is 0.970 bits per heavy atom. The van der Waals surface area contributed by atoms with E-state index in [1.54, 1.807) is 37.3 Å². The summed E-state index contributed by atoms with van der Waals surface area (Å²) in [7, 11) is 1.60. The smallest absolute Gasteiger partial charge is 0.266 e. The molecular formula is C26H23ClN2O4. The normalized spacial score (nSPS) is 24.4. The molecule has 3 atom stereocenters. The van der Waals surface area contributed by atoms with Crippen molar-refractivity contribution in [2.45, 2.75) is 26.0 Å². The first-order valence-corrected chi connectivity index (χ1v) is 11.0. The molecule has 0 aliphatic carbocycles. The summed E-state index contributed by atoms with van der Waals surface area (Å²) >= 11 is 6.30. The predicted octanol–water partition coefficient (Wildman–Crippen LogP) is 5.10. The van der Waals surface area contributed by atoms with Gasteiger partial charge < -0.3 is 4.74 Å². The van der Waals surface area contributed by atoms with Crippen molar-refractivity contribution in [3.05, 3.63) is 88.9 Å². The SMILES string of the molecule is COc1ccc([C@@H]2N(c3ccccc3)O[C@H]3C(=O)N(c4ccc(C)c(Cl)c4)C(=O)[C@]23C)cc1. The lowest BCUT2D eigenvalue weighted by molar-refractivity contribution is -0.128. The van der Waals surface area contributed by atoms with Crippen LogP contribution < -0.4 is 14.7 Å². The molecule has 2 heterocycles. The number of carbonyl (C=O) groups excluding carboxylic acids is 2. The highest BCUT2D eigenvalue weighted by atomic mass is 35.5. The molecule has 2 saturated heterocycles. The molecule has 0 bridgehead atoms. The van der Waals surface area contributed by atoms with Crippen molar-refractivity contribution in [1.29, 1.82) is 0 Å². The number of fused-ring (bicyclic) bond motifs is 1. The minimum absolute atomic E-state index is 0.323. The first kappa shape index (κ1) is 21.5. The number of halogens is 1. The molecule has 7 heteroatoms. The van der Waals surface area contributed by atoms with Gasteiger partial charge in [0, 0.05) is 5.02 Å². The first-order valence-electron chi connectivity index (χ1n) is 10.7. The second kappa shape index (κ2) is 7.90. The minimum atomic E-state index is -1.15. The van der Waals surface area contributed by atoms with Crippen molar-refractivity contribution in [3.63, 3.8) is 0 Å². The molecule has 2 aliphatic heterocycles. The van der Waals surface area contributed by atoms with Gasteiger partial charge in [0.15, 0.2) is 6.10 Å². The van der Waals surface area contributed by atoms with Crippen LogP contribution in [0.3, 0.4) is 0 Å². The van der Waals surface area contributed by atoms with Gasteiger partial charge in [0.25, 0.3) is 5.91 Å². The molecule has 2 aliphatic rings. The van der Waals surface area contributed by atoms with E-state index in [1.807, 2.05) is 61.5 Å². The van der Waals surface area contributed by atoms with E-state index in [2.05, 4.69) is 0 Å². The number of para-hydroxylation sites is 1. The van der Waals surface area contributed by atoms with E-state index in [-0.39, 0.29) is 5.91 Å². The molecule has 0 spiro atoms. The zero-order valence-corrected chi connectivity index (χ0v) is 19.2. The Labute approximate surface area is 197 Å². The van der Waals surface area contributed by atoms with Crippen LogP contribution in [0.25, 0.3) is 0 Å². The number of benzene rings is 3. The van der Waals surface area contributed by atoms with Crippen LogP contribution >= 0.6 is 11.6 Å². The molecule has 0 saturated carbocycles. The van der Waals surface area contributed by atoms with Crippen LogP contribution in [0.15, 0.2) is 72.8 Å². The highest BCUT2D eigenvalue weighted by Crippen LogP contribution is 2.55. The zero-order chi connectivity index (χ0) is 23.3. The summed E-state index contributed by atoms with van der Waals surface area (Å²) in [6.45, 7) is 3.67. The van der Waals surface area contributed by atoms with E-state index in [9.17, 15) is 9.59 Å². The van der Waals surface area contributed by atoms with Gasteiger partial charge in [-0.3, -0.25) is 14.4 Å². The lowest BCUT2D eigenvalue weighted by Crippen LogP contribution is -2.41. The van der Waals surface area contributed by atoms with Gasteiger partial charge in [0.1, 0.15) is 11.2 Å². The number of hydrogen-bond acceptors (Lipinski definition) is 5. The van der Waals surface area contributed by atoms with Crippen LogP contribution in [-0.4, -0.2) is 25.0 Å². The van der Waals surface area contributed by atoms with Crippen molar-refractivity contribution < 1.29 is 19.2 Å². The Hall–Kier alpha value is -3.35. The molecule has 3 aromatic carbocycles. The zero-order valence-electron chi connectivity index (χ0n) is 18.5. The van der Waals surface area contributed by atoms with Gasteiger partial charge in [-0.25, -0.2) is 9.96 Å². The maximum Gasteiger partial charge on any atom is 0.266 e. The molecule has 2 fully saturated rings. The Bertz CT molecular complexity index is 1230. The quantitative estimate of drug-likeness (QED) is 0.505. The van der Waals surface area contributed by atoms with Crippen LogP contribution in [0.4, 0.5) is 11.4 Å². The van der Waals surface area contributed by atoms with Crippen molar-refractivity contribution in [1.82, 2.24) is 0 Å². The molecule has 6 nitrogen and oxygen atoms in total. The van der Waals surface area contributed by atoms with E-state index in [0.29, 0.717) is 16.5 Å². The fourth-order valence-corrected chi connectivity index (χ4v) is 4.85. The number of hydrogen-bond donors (Lipinski definition) is 0. The molecule has 0 radical (unpaired) electrons. The molecule has 5 rings (SSSR count). The van der Waals surface area contributed by atoms with Gasteiger partial charge in [-0.15, -0.1) is 0 Å². The van der Waals surface area contributed by atoms with Crippen molar-refractivity contribution in [2.24, 2.45) is 5.41 Å². The molecule has 2 amide bonds. The number of nitrogens with zero attached hydrogens (tertiary/aromatic N) is 2.